The van der Waals surface area contributed by atoms with Crippen molar-refractivity contribution < 1.29 is 14.6 Å². The lowest BCUT2D eigenvalue weighted by Gasteiger charge is -2.16. The van der Waals surface area contributed by atoms with E-state index in [-0.39, 0.29) is 18.5 Å². The number of hydrogen-bond acceptors (Lipinski definition) is 3. The quantitative estimate of drug-likeness (QED) is 0.797. The molecule has 0 aliphatic rings. The van der Waals surface area contributed by atoms with Crippen LogP contribution in [0, 0.1) is 5.92 Å². The molecule has 2 rings (SSSR count). The van der Waals surface area contributed by atoms with Gasteiger partial charge in [-0.05, 0) is 12.5 Å². The predicted octanol–water partition coefficient (Wildman–Crippen LogP) is 3.11. The molecule has 1 aromatic heterocycles. The van der Waals surface area contributed by atoms with Crippen molar-refractivity contribution in [1.82, 2.24) is 4.57 Å². The summed E-state index contributed by atoms with van der Waals surface area (Å²) in [5, 5.41) is 10.5. The van der Waals surface area contributed by atoms with Gasteiger partial charge in [0.25, 0.3) is 0 Å². The first-order valence-electron chi connectivity index (χ1n) is 7.46. The van der Waals surface area contributed by atoms with E-state index < -0.39 is 0 Å². The predicted molar refractivity (Wildman–Crippen MR) is 82.9 cm³/mol. The Morgan fingerprint density at radius 3 is 2.81 bits per heavy atom. The topological polar surface area (TPSA) is 51.5 Å². The van der Waals surface area contributed by atoms with Crippen LogP contribution < -0.4 is 0 Å². The van der Waals surface area contributed by atoms with E-state index in [1.165, 1.54) is 7.11 Å². The third kappa shape index (κ3) is 3.45. The van der Waals surface area contributed by atoms with E-state index in [2.05, 4.69) is 11.5 Å². The summed E-state index contributed by atoms with van der Waals surface area (Å²) < 4.78 is 6.98. The Balaban J connectivity index is 2.29. The molecule has 4 nitrogen and oxygen atoms in total. The maximum Gasteiger partial charge on any atom is 0.310 e. The Labute approximate surface area is 125 Å². The van der Waals surface area contributed by atoms with Crippen LogP contribution in [0.1, 0.15) is 31.7 Å². The Bertz CT molecular complexity index is 603. The van der Waals surface area contributed by atoms with Crippen LogP contribution in [-0.2, 0) is 22.7 Å². The Kier molecular flexibility index (Phi) is 5.39. The minimum atomic E-state index is -0.160. The third-order valence-electron chi connectivity index (χ3n) is 3.90. The molecule has 0 aliphatic carbocycles. The maximum absolute atomic E-state index is 11.9. The van der Waals surface area contributed by atoms with Gasteiger partial charge in [-0.1, -0.05) is 38.0 Å². The van der Waals surface area contributed by atoms with Gasteiger partial charge in [-0.25, -0.2) is 0 Å². The molecule has 0 fully saturated rings. The van der Waals surface area contributed by atoms with E-state index in [4.69, 9.17) is 4.74 Å². The van der Waals surface area contributed by atoms with Gasteiger partial charge >= 0.3 is 5.97 Å². The van der Waals surface area contributed by atoms with Crippen molar-refractivity contribution in [3.05, 3.63) is 36.0 Å². The van der Waals surface area contributed by atoms with E-state index in [1.807, 2.05) is 30.5 Å². The fourth-order valence-electron chi connectivity index (χ4n) is 2.74. The summed E-state index contributed by atoms with van der Waals surface area (Å²) in [5.41, 5.74) is 1.94. The minimum Gasteiger partial charge on any atom is -0.469 e. The average molecular weight is 289 g/mol. The molecule has 114 valence electrons. The maximum atomic E-state index is 11.9. The highest BCUT2D eigenvalue weighted by Gasteiger charge is 2.20. The number of carbonyl (C=O) groups excluding carboxylic acids is 1. The van der Waals surface area contributed by atoms with Gasteiger partial charge in [-0.2, -0.15) is 0 Å². The Hall–Kier alpha value is -1.81. The van der Waals surface area contributed by atoms with Crippen molar-refractivity contribution in [3.63, 3.8) is 0 Å². The number of nitrogens with zero attached hydrogens (tertiary/aromatic N) is 1. The summed E-state index contributed by atoms with van der Waals surface area (Å²) in [6.45, 7) is 2.71. The first-order chi connectivity index (χ1) is 10.2. The number of unbranched alkanes of at least 4 members (excludes halogenated alkanes) is 1. The first kappa shape index (κ1) is 15.6. The van der Waals surface area contributed by atoms with Gasteiger partial charge in [0, 0.05) is 29.2 Å². The molecule has 0 spiro atoms. The standard InChI is InChI=1S/C17H23NO3/c1-3-4-7-13(17(20)21-2)10-18-11-14(12-19)15-8-5-6-9-16(15)18/h5-6,8-9,11,13,19H,3-4,7,10,12H2,1-2H3. The molecule has 0 radical (unpaired) electrons. The fourth-order valence-corrected chi connectivity index (χ4v) is 2.74. The number of carbonyl (C=O) groups is 1. The molecule has 1 atom stereocenters. The largest absolute Gasteiger partial charge is 0.469 e. The minimum absolute atomic E-state index is 0.00532. The van der Waals surface area contributed by atoms with Gasteiger partial charge < -0.3 is 14.4 Å². The molecule has 0 bridgehead atoms. The number of esters is 1. The summed E-state index contributed by atoms with van der Waals surface area (Å²) in [4.78, 5) is 11.9. The van der Waals surface area contributed by atoms with Gasteiger partial charge in [0.1, 0.15) is 0 Å². The SMILES string of the molecule is CCCCC(Cn1cc(CO)c2ccccc21)C(=O)OC. The van der Waals surface area contributed by atoms with Crippen LogP contribution in [0.15, 0.2) is 30.5 Å². The monoisotopic (exact) mass is 289 g/mol. The Morgan fingerprint density at radius 1 is 1.38 bits per heavy atom. The van der Waals surface area contributed by atoms with Crippen molar-refractivity contribution in [2.24, 2.45) is 5.92 Å². The van der Waals surface area contributed by atoms with E-state index in [9.17, 15) is 9.90 Å². The highest BCUT2D eigenvalue weighted by molar-refractivity contribution is 5.84. The Morgan fingerprint density at radius 2 is 2.14 bits per heavy atom. The van der Waals surface area contributed by atoms with Gasteiger partial charge in [0.2, 0.25) is 0 Å². The van der Waals surface area contributed by atoms with Crippen molar-refractivity contribution in [2.75, 3.05) is 7.11 Å². The number of ether oxygens (including phenoxy) is 1. The van der Waals surface area contributed by atoms with E-state index in [1.54, 1.807) is 0 Å². The molecule has 1 N–H and O–H groups in total. The summed E-state index contributed by atoms with van der Waals surface area (Å²) in [6, 6.07) is 7.94. The molecule has 1 heterocycles. The van der Waals surface area contributed by atoms with Crippen molar-refractivity contribution in [2.45, 2.75) is 39.3 Å². The van der Waals surface area contributed by atoms with Gasteiger partial charge in [-0.15, -0.1) is 0 Å². The van der Waals surface area contributed by atoms with Gasteiger partial charge in [-0.3, -0.25) is 4.79 Å². The second-order valence-electron chi connectivity index (χ2n) is 5.34. The van der Waals surface area contributed by atoms with E-state index >= 15 is 0 Å². The lowest BCUT2D eigenvalue weighted by atomic mass is 10.0. The first-order valence-corrected chi connectivity index (χ1v) is 7.46. The van der Waals surface area contributed by atoms with Gasteiger partial charge in [0.15, 0.2) is 0 Å². The number of aliphatic hydroxyl groups is 1. The lowest BCUT2D eigenvalue weighted by Crippen LogP contribution is -2.21. The molecule has 0 amide bonds. The molecule has 1 aromatic carbocycles. The second kappa shape index (κ2) is 7.27. The zero-order valence-corrected chi connectivity index (χ0v) is 12.7. The average Bonchev–Trinajstić information content (AvgIpc) is 2.88. The van der Waals surface area contributed by atoms with Crippen molar-refractivity contribution in [1.29, 1.82) is 0 Å². The van der Waals surface area contributed by atoms with Crippen LogP contribution >= 0.6 is 0 Å². The molecule has 21 heavy (non-hydrogen) atoms. The third-order valence-corrected chi connectivity index (χ3v) is 3.90. The van der Waals surface area contributed by atoms with Crippen LogP contribution in [0.2, 0.25) is 0 Å². The number of aromatic nitrogens is 1. The molecule has 2 aromatic rings. The lowest BCUT2D eigenvalue weighted by molar-refractivity contribution is -0.146. The number of benzene rings is 1. The number of para-hydroxylation sites is 1. The number of fused-ring (bicyclic) bond motifs is 1. The molecule has 0 aliphatic heterocycles. The molecular formula is C17H23NO3. The highest BCUT2D eigenvalue weighted by atomic mass is 16.5. The summed E-state index contributed by atoms with van der Waals surface area (Å²) >= 11 is 0. The number of methoxy groups -OCH3 is 1. The summed E-state index contributed by atoms with van der Waals surface area (Å²) in [6.07, 6.45) is 4.82. The zero-order chi connectivity index (χ0) is 15.2. The number of hydrogen-bond donors (Lipinski definition) is 1. The van der Waals surface area contributed by atoms with Crippen LogP contribution in [0.4, 0.5) is 0 Å². The highest BCUT2D eigenvalue weighted by Crippen LogP contribution is 2.24. The molecule has 0 saturated carbocycles. The van der Waals surface area contributed by atoms with E-state index in [0.29, 0.717) is 6.54 Å². The molecule has 1 unspecified atom stereocenters. The summed E-state index contributed by atoms with van der Waals surface area (Å²) in [7, 11) is 1.44. The van der Waals surface area contributed by atoms with Crippen molar-refractivity contribution in [3.8, 4) is 0 Å². The summed E-state index contributed by atoms with van der Waals surface area (Å²) in [5.74, 6) is -0.302. The van der Waals surface area contributed by atoms with Crippen molar-refractivity contribution >= 4 is 16.9 Å². The number of rotatable bonds is 7. The fraction of sp³-hybridized carbons (Fsp3) is 0.471. The van der Waals surface area contributed by atoms with Crippen LogP contribution in [0.3, 0.4) is 0 Å². The normalized spacial score (nSPS) is 12.5. The van der Waals surface area contributed by atoms with Gasteiger partial charge in [0.05, 0.1) is 19.6 Å². The molecule has 0 saturated heterocycles. The molecule has 4 heteroatoms. The van der Waals surface area contributed by atoms with Crippen LogP contribution in [0.25, 0.3) is 10.9 Å². The second-order valence-corrected chi connectivity index (χ2v) is 5.34. The zero-order valence-electron chi connectivity index (χ0n) is 12.7. The van der Waals surface area contributed by atoms with E-state index in [0.717, 1.165) is 35.7 Å². The number of aliphatic hydroxyl groups excluding tert-OH is 1. The molecular weight excluding hydrogens is 266 g/mol. The van der Waals surface area contributed by atoms with Crippen LogP contribution in [0.5, 0.6) is 0 Å². The van der Waals surface area contributed by atoms with Crippen LogP contribution in [-0.4, -0.2) is 22.8 Å². The smallest absolute Gasteiger partial charge is 0.310 e.